The molecule has 2 atom stereocenters. The van der Waals surface area contributed by atoms with E-state index in [0.717, 1.165) is 12.6 Å². The Balaban J connectivity index is 1.82. The summed E-state index contributed by atoms with van der Waals surface area (Å²) in [4.78, 5) is 0. The molecule has 0 unspecified atom stereocenters. The Kier molecular flexibility index (Phi) is 2.44. The molecule has 0 saturated carbocycles. The maximum Gasteiger partial charge on any atom is 0.112 e. The van der Waals surface area contributed by atoms with Crippen molar-refractivity contribution in [2.75, 3.05) is 13.2 Å². The lowest BCUT2D eigenvalue weighted by Gasteiger charge is -2.24. The van der Waals surface area contributed by atoms with Gasteiger partial charge in [-0.1, -0.05) is 0 Å². The highest BCUT2D eigenvalue weighted by atomic mass is 16.5. The molecular weight excluding hydrogens is 138 g/mol. The maximum absolute atomic E-state index is 5.66. The predicted molar refractivity (Wildman–Crippen MR) is 43.4 cm³/mol. The van der Waals surface area contributed by atoms with Crippen molar-refractivity contribution in [3.05, 3.63) is 0 Å². The van der Waals surface area contributed by atoms with Crippen LogP contribution in [0.25, 0.3) is 0 Å². The van der Waals surface area contributed by atoms with E-state index < -0.39 is 0 Å². The van der Waals surface area contributed by atoms with Crippen molar-refractivity contribution in [1.82, 2.24) is 0 Å². The number of quaternary nitrogens is 1. The first-order valence-corrected chi connectivity index (χ1v) is 4.92. The van der Waals surface area contributed by atoms with Crippen molar-refractivity contribution in [2.24, 2.45) is 0 Å². The van der Waals surface area contributed by atoms with Gasteiger partial charge in [-0.2, -0.15) is 0 Å². The van der Waals surface area contributed by atoms with Gasteiger partial charge < -0.3 is 10.1 Å². The normalized spacial score (nSPS) is 39.3. The van der Waals surface area contributed by atoms with Gasteiger partial charge in [0.1, 0.15) is 12.1 Å². The van der Waals surface area contributed by atoms with Crippen molar-refractivity contribution in [3.8, 4) is 0 Å². The molecule has 11 heavy (non-hydrogen) atoms. The second kappa shape index (κ2) is 3.55. The van der Waals surface area contributed by atoms with Crippen LogP contribution in [0.3, 0.4) is 0 Å². The zero-order valence-electron chi connectivity index (χ0n) is 7.09. The van der Waals surface area contributed by atoms with Crippen molar-refractivity contribution >= 4 is 0 Å². The summed E-state index contributed by atoms with van der Waals surface area (Å²) in [6, 6.07) is 0.797. The van der Waals surface area contributed by atoms with Gasteiger partial charge in [0.15, 0.2) is 0 Å². The molecule has 0 radical (unpaired) electrons. The summed E-state index contributed by atoms with van der Waals surface area (Å²) < 4.78 is 5.66. The fourth-order valence-corrected chi connectivity index (χ4v) is 2.25. The van der Waals surface area contributed by atoms with Gasteiger partial charge in [0.05, 0.1) is 6.54 Å². The summed E-state index contributed by atoms with van der Waals surface area (Å²) in [5.74, 6) is 0. The van der Waals surface area contributed by atoms with Crippen LogP contribution in [0.1, 0.15) is 32.1 Å². The van der Waals surface area contributed by atoms with E-state index in [-0.39, 0.29) is 0 Å². The minimum absolute atomic E-state index is 0.593. The first-order valence-electron chi connectivity index (χ1n) is 4.92. The highest BCUT2D eigenvalue weighted by molar-refractivity contribution is 4.74. The molecule has 2 fully saturated rings. The van der Waals surface area contributed by atoms with Crippen molar-refractivity contribution in [2.45, 2.75) is 44.2 Å². The monoisotopic (exact) mass is 156 g/mol. The van der Waals surface area contributed by atoms with E-state index in [4.69, 9.17) is 4.74 Å². The standard InChI is InChI=1S/C9H17NO/c1-2-6-10-8(4-1)9-5-3-7-11-9/h8-10H,1-7H2/p+1/t8-,9-/m1/s1. The molecule has 0 aromatic rings. The largest absolute Gasteiger partial charge is 0.372 e. The zero-order chi connectivity index (χ0) is 7.52. The fraction of sp³-hybridized carbons (Fsp3) is 1.00. The third-order valence-corrected chi connectivity index (χ3v) is 2.90. The van der Waals surface area contributed by atoms with Crippen molar-refractivity contribution in [3.63, 3.8) is 0 Å². The van der Waals surface area contributed by atoms with Crippen molar-refractivity contribution < 1.29 is 10.1 Å². The Bertz CT molecular complexity index is 115. The smallest absolute Gasteiger partial charge is 0.112 e. The number of nitrogens with two attached hydrogens (primary N) is 1. The minimum atomic E-state index is 0.593. The number of rotatable bonds is 1. The molecule has 2 aliphatic rings. The Morgan fingerprint density at radius 1 is 1.09 bits per heavy atom. The summed E-state index contributed by atoms with van der Waals surface area (Å²) in [6.07, 6.45) is 7.39. The minimum Gasteiger partial charge on any atom is -0.372 e. The second-order valence-electron chi connectivity index (χ2n) is 3.74. The Morgan fingerprint density at radius 2 is 2.09 bits per heavy atom. The van der Waals surface area contributed by atoms with E-state index >= 15 is 0 Å². The SMILES string of the molecule is C1CC[C@H]([C@H]2CCCO2)[NH2+]C1. The highest BCUT2D eigenvalue weighted by Gasteiger charge is 2.29. The molecule has 0 aliphatic carbocycles. The van der Waals surface area contributed by atoms with Gasteiger partial charge in [-0.25, -0.2) is 0 Å². The Hall–Kier alpha value is -0.0800. The fourth-order valence-electron chi connectivity index (χ4n) is 2.25. The van der Waals surface area contributed by atoms with Gasteiger partial charge >= 0.3 is 0 Å². The summed E-state index contributed by atoms with van der Waals surface area (Å²) in [6.45, 7) is 2.33. The van der Waals surface area contributed by atoms with E-state index in [1.54, 1.807) is 0 Å². The molecule has 2 saturated heterocycles. The highest BCUT2D eigenvalue weighted by Crippen LogP contribution is 2.18. The van der Waals surface area contributed by atoms with Crippen LogP contribution in [0.4, 0.5) is 0 Å². The summed E-state index contributed by atoms with van der Waals surface area (Å²) >= 11 is 0. The van der Waals surface area contributed by atoms with Gasteiger partial charge in [-0.15, -0.1) is 0 Å². The quantitative estimate of drug-likeness (QED) is 0.580. The molecule has 0 amide bonds. The first-order chi connectivity index (χ1) is 5.47. The molecule has 2 aliphatic heterocycles. The summed E-state index contributed by atoms with van der Waals surface area (Å²) in [5, 5.41) is 2.49. The van der Waals surface area contributed by atoms with Crippen LogP contribution < -0.4 is 5.32 Å². The van der Waals surface area contributed by atoms with E-state index in [0.29, 0.717) is 6.10 Å². The van der Waals surface area contributed by atoms with Crippen LogP contribution in [0.5, 0.6) is 0 Å². The zero-order valence-corrected chi connectivity index (χ0v) is 7.09. The van der Waals surface area contributed by atoms with Gasteiger partial charge in [0.2, 0.25) is 0 Å². The van der Waals surface area contributed by atoms with Gasteiger partial charge in [0, 0.05) is 13.0 Å². The van der Waals surface area contributed by atoms with E-state index in [1.165, 1.54) is 38.6 Å². The molecule has 0 bridgehead atoms. The predicted octanol–water partition coefficient (Wildman–Crippen LogP) is 0.281. The third kappa shape index (κ3) is 1.74. The Labute approximate surface area is 68.3 Å². The molecule has 2 rings (SSSR count). The lowest BCUT2D eigenvalue weighted by Crippen LogP contribution is -2.93. The van der Waals surface area contributed by atoms with Crippen LogP contribution in [-0.2, 0) is 4.74 Å². The molecule has 0 aromatic heterocycles. The molecule has 2 nitrogen and oxygen atoms in total. The van der Waals surface area contributed by atoms with E-state index in [1.807, 2.05) is 0 Å². The molecular formula is C9H18NO+. The average molecular weight is 156 g/mol. The van der Waals surface area contributed by atoms with E-state index in [2.05, 4.69) is 5.32 Å². The van der Waals surface area contributed by atoms with Crippen molar-refractivity contribution in [1.29, 1.82) is 0 Å². The van der Waals surface area contributed by atoms with Crippen LogP contribution in [0.2, 0.25) is 0 Å². The lowest BCUT2D eigenvalue weighted by molar-refractivity contribution is -0.704. The van der Waals surface area contributed by atoms with Crippen LogP contribution >= 0.6 is 0 Å². The lowest BCUT2D eigenvalue weighted by atomic mass is 9.98. The van der Waals surface area contributed by atoms with Gasteiger partial charge in [0.25, 0.3) is 0 Å². The average Bonchev–Trinajstić information content (AvgIpc) is 2.58. The first kappa shape index (κ1) is 7.56. The topological polar surface area (TPSA) is 25.8 Å². The molecule has 2 heteroatoms. The van der Waals surface area contributed by atoms with Gasteiger partial charge in [-0.05, 0) is 25.7 Å². The number of ether oxygens (including phenoxy) is 1. The second-order valence-corrected chi connectivity index (χ2v) is 3.74. The Morgan fingerprint density at radius 3 is 2.73 bits per heavy atom. The summed E-state index contributed by atoms with van der Waals surface area (Å²) in [5.41, 5.74) is 0. The number of hydrogen-bond acceptors (Lipinski definition) is 1. The van der Waals surface area contributed by atoms with E-state index in [9.17, 15) is 0 Å². The van der Waals surface area contributed by atoms with Crippen LogP contribution in [-0.4, -0.2) is 25.3 Å². The van der Waals surface area contributed by atoms with Crippen LogP contribution in [0, 0.1) is 0 Å². The molecule has 64 valence electrons. The third-order valence-electron chi connectivity index (χ3n) is 2.90. The van der Waals surface area contributed by atoms with Gasteiger partial charge in [-0.3, -0.25) is 0 Å². The molecule has 0 aromatic carbocycles. The van der Waals surface area contributed by atoms with Crippen LogP contribution in [0.15, 0.2) is 0 Å². The maximum atomic E-state index is 5.66. The number of hydrogen-bond donors (Lipinski definition) is 1. The number of piperidine rings is 1. The molecule has 2 N–H and O–H groups in total. The summed E-state index contributed by atoms with van der Waals surface area (Å²) in [7, 11) is 0. The molecule has 2 heterocycles. The molecule has 0 spiro atoms.